The van der Waals surface area contributed by atoms with Crippen LogP contribution in [0.25, 0.3) is 0 Å². The molecular formula is C11H17N3OS. The number of nitrogens with one attached hydrogen (secondary N) is 1. The second-order valence-electron chi connectivity index (χ2n) is 4.40. The van der Waals surface area contributed by atoms with Gasteiger partial charge in [-0.05, 0) is 19.8 Å². The Bertz CT molecular complexity index is 371. The molecule has 1 unspecified atom stereocenters. The van der Waals surface area contributed by atoms with Crippen LogP contribution in [-0.2, 0) is 11.3 Å². The third kappa shape index (κ3) is 3.28. The molecule has 4 nitrogen and oxygen atoms in total. The summed E-state index contributed by atoms with van der Waals surface area (Å²) in [6.07, 6.45) is 2.90. The first-order chi connectivity index (χ1) is 7.65. The summed E-state index contributed by atoms with van der Waals surface area (Å²) in [7, 11) is 0. The van der Waals surface area contributed by atoms with Crippen LogP contribution in [0.15, 0.2) is 5.38 Å². The van der Waals surface area contributed by atoms with Gasteiger partial charge in [0.15, 0.2) is 0 Å². The monoisotopic (exact) mass is 239 g/mol. The van der Waals surface area contributed by atoms with E-state index >= 15 is 0 Å². The summed E-state index contributed by atoms with van der Waals surface area (Å²) in [5, 5.41) is 5.92. The fraction of sp³-hybridized carbons (Fsp3) is 0.636. The van der Waals surface area contributed by atoms with Gasteiger partial charge in [0.1, 0.15) is 5.01 Å². The van der Waals surface area contributed by atoms with E-state index in [9.17, 15) is 4.79 Å². The first-order valence-electron chi connectivity index (χ1n) is 5.61. The Morgan fingerprint density at radius 3 is 3.12 bits per heavy atom. The molecule has 16 heavy (non-hydrogen) atoms. The number of nitrogens with two attached hydrogens (primary N) is 1. The molecule has 1 atom stereocenters. The van der Waals surface area contributed by atoms with Gasteiger partial charge in [0, 0.05) is 23.8 Å². The highest BCUT2D eigenvalue weighted by Crippen LogP contribution is 2.40. The highest BCUT2D eigenvalue weighted by Gasteiger charge is 2.25. The van der Waals surface area contributed by atoms with Crippen molar-refractivity contribution in [1.29, 1.82) is 0 Å². The standard InChI is InChI=1S/C11H17N3OS/c1-7(12)4-10(15)13-5-11-14-9(6-16-11)8-2-3-8/h6-8H,2-5,12H2,1H3,(H,13,15). The Kier molecular flexibility index (Phi) is 3.56. The van der Waals surface area contributed by atoms with Gasteiger partial charge in [0.25, 0.3) is 0 Å². The normalized spacial score (nSPS) is 17.1. The van der Waals surface area contributed by atoms with Crippen molar-refractivity contribution in [3.63, 3.8) is 0 Å². The average Bonchev–Trinajstić information content (AvgIpc) is 2.94. The third-order valence-corrected chi connectivity index (χ3v) is 3.38. The number of thiazole rings is 1. The highest BCUT2D eigenvalue weighted by atomic mass is 32.1. The van der Waals surface area contributed by atoms with Gasteiger partial charge >= 0.3 is 0 Å². The summed E-state index contributed by atoms with van der Waals surface area (Å²) in [6, 6.07) is -0.0849. The molecule has 0 spiro atoms. The van der Waals surface area contributed by atoms with Gasteiger partial charge in [-0.25, -0.2) is 4.98 Å². The van der Waals surface area contributed by atoms with Gasteiger partial charge in [0.2, 0.25) is 5.91 Å². The summed E-state index contributed by atoms with van der Waals surface area (Å²) in [5.41, 5.74) is 6.74. The Balaban J connectivity index is 1.77. The number of carbonyl (C=O) groups is 1. The van der Waals surface area contributed by atoms with Crippen LogP contribution < -0.4 is 11.1 Å². The van der Waals surface area contributed by atoms with E-state index in [2.05, 4.69) is 15.7 Å². The van der Waals surface area contributed by atoms with Gasteiger partial charge < -0.3 is 11.1 Å². The minimum absolute atomic E-state index is 0.00169. The molecule has 1 aliphatic rings. The molecule has 0 aliphatic heterocycles. The molecule has 88 valence electrons. The van der Waals surface area contributed by atoms with Gasteiger partial charge in [0.05, 0.1) is 12.2 Å². The number of aromatic nitrogens is 1. The largest absolute Gasteiger partial charge is 0.350 e. The zero-order valence-corrected chi connectivity index (χ0v) is 10.2. The number of rotatable bonds is 5. The zero-order chi connectivity index (χ0) is 11.5. The lowest BCUT2D eigenvalue weighted by Crippen LogP contribution is -2.29. The first kappa shape index (κ1) is 11.5. The molecule has 5 heteroatoms. The van der Waals surface area contributed by atoms with Crippen LogP contribution in [0.4, 0.5) is 0 Å². The topological polar surface area (TPSA) is 68.0 Å². The van der Waals surface area contributed by atoms with Crippen molar-refractivity contribution in [2.45, 2.75) is 44.7 Å². The molecule has 0 aromatic carbocycles. The van der Waals surface area contributed by atoms with E-state index in [0.29, 0.717) is 18.9 Å². The SMILES string of the molecule is CC(N)CC(=O)NCc1nc(C2CC2)cs1. The van der Waals surface area contributed by atoms with Crippen molar-refractivity contribution >= 4 is 17.2 Å². The lowest BCUT2D eigenvalue weighted by molar-refractivity contribution is -0.121. The number of hydrogen-bond donors (Lipinski definition) is 2. The maximum absolute atomic E-state index is 11.4. The molecule has 1 aromatic heterocycles. The van der Waals surface area contributed by atoms with Crippen LogP contribution in [0.3, 0.4) is 0 Å². The van der Waals surface area contributed by atoms with Crippen LogP contribution in [0, 0.1) is 0 Å². The van der Waals surface area contributed by atoms with Gasteiger partial charge in [-0.15, -0.1) is 11.3 Å². The van der Waals surface area contributed by atoms with Crippen LogP contribution in [0.2, 0.25) is 0 Å². The molecule has 0 radical (unpaired) electrons. The predicted octanol–water partition coefficient (Wildman–Crippen LogP) is 1.37. The maximum Gasteiger partial charge on any atom is 0.221 e. The Hall–Kier alpha value is -0.940. The van der Waals surface area contributed by atoms with Crippen LogP contribution in [-0.4, -0.2) is 16.9 Å². The van der Waals surface area contributed by atoms with Crippen molar-refractivity contribution in [1.82, 2.24) is 10.3 Å². The summed E-state index contributed by atoms with van der Waals surface area (Å²) in [4.78, 5) is 15.9. The number of hydrogen-bond acceptors (Lipinski definition) is 4. The number of amides is 1. The van der Waals surface area contributed by atoms with Crippen molar-refractivity contribution in [3.05, 3.63) is 16.1 Å². The average molecular weight is 239 g/mol. The van der Waals surface area contributed by atoms with Gasteiger partial charge in [-0.1, -0.05) is 0 Å². The maximum atomic E-state index is 11.4. The van der Waals surface area contributed by atoms with E-state index in [0.717, 1.165) is 5.01 Å². The Morgan fingerprint density at radius 1 is 1.75 bits per heavy atom. The van der Waals surface area contributed by atoms with Crippen LogP contribution in [0.5, 0.6) is 0 Å². The van der Waals surface area contributed by atoms with Crippen molar-refractivity contribution in [2.24, 2.45) is 5.73 Å². The number of carbonyl (C=O) groups excluding carboxylic acids is 1. The van der Waals surface area contributed by atoms with E-state index in [1.54, 1.807) is 11.3 Å². The van der Waals surface area contributed by atoms with Gasteiger partial charge in [-0.3, -0.25) is 4.79 Å². The molecule has 1 aromatic rings. The molecule has 0 saturated heterocycles. The lowest BCUT2D eigenvalue weighted by Gasteiger charge is -2.05. The predicted molar refractivity (Wildman–Crippen MR) is 64.2 cm³/mol. The minimum Gasteiger partial charge on any atom is -0.350 e. The van der Waals surface area contributed by atoms with E-state index in [1.807, 2.05) is 6.92 Å². The highest BCUT2D eigenvalue weighted by molar-refractivity contribution is 7.09. The van der Waals surface area contributed by atoms with Crippen molar-refractivity contribution in [3.8, 4) is 0 Å². The molecule has 3 N–H and O–H groups in total. The lowest BCUT2D eigenvalue weighted by atomic mass is 10.2. The smallest absolute Gasteiger partial charge is 0.221 e. The quantitative estimate of drug-likeness (QED) is 0.815. The fourth-order valence-electron chi connectivity index (χ4n) is 1.51. The molecule has 1 saturated carbocycles. The van der Waals surface area contributed by atoms with E-state index in [-0.39, 0.29) is 11.9 Å². The minimum atomic E-state index is -0.0849. The zero-order valence-electron chi connectivity index (χ0n) is 9.40. The summed E-state index contributed by atoms with van der Waals surface area (Å²) in [6.45, 7) is 2.36. The molecule has 1 heterocycles. The van der Waals surface area contributed by atoms with Gasteiger partial charge in [-0.2, -0.15) is 0 Å². The molecule has 1 amide bonds. The van der Waals surface area contributed by atoms with Crippen LogP contribution >= 0.6 is 11.3 Å². The Morgan fingerprint density at radius 2 is 2.50 bits per heavy atom. The third-order valence-electron chi connectivity index (χ3n) is 2.51. The van der Waals surface area contributed by atoms with Crippen molar-refractivity contribution < 1.29 is 4.79 Å². The summed E-state index contributed by atoms with van der Waals surface area (Å²) < 4.78 is 0. The number of nitrogens with zero attached hydrogens (tertiary/aromatic N) is 1. The molecule has 1 aliphatic carbocycles. The fourth-order valence-corrected chi connectivity index (χ4v) is 2.33. The van der Waals surface area contributed by atoms with E-state index < -0.39 is 0 Å². The molecule has 1 fully saturated rings. The van der Waals surface area contributed by atoms with E-state index in [1.165, 1.54) is 18.5 Å². The molecular weight excluding hydrogens is 222 g/mol. The Labute approximate surface area is 99.3 Å². The second kappa shape index (κ2) is 4.93. The van der Waals surface area contributed by atoms with E-state index in [4.69, 9.17) is 5.73 Å². The molecule has 0 bridgehead atoms. The van der Waals surface area contributed by atoms with Crippen molar-refractivity contribution in [2.75, 3.05) is 0 Å². The van der Waals surface area contributed by atoms with Crippen LogP contribution in [0.1, 0.15) is 42.8 Å². The summed E-state index contributed by atoms with van der Waals surface area (Å²) >= 11 is 1.62. The molecule has 2 rings (SSSR count). The second-order valence-corrected chi connectivity index (χ2v) is 5.34. The first-order valence-corrected chi connectivity index (χ1v) is 6.49. The summed E-state index contributed by atoms with van der Waals surface area (Å²) in [5.74, 6) is 0.683.